The minimum absolute atomic E-state index is 0.500. The van der Waals surface area contributed by atoms with Gasteiger partial charge in [-0.3, -0.25) is 0 Å². The van der Waals surface area contributed by atoms with Gasteiger partial charge in [0.1, 0.15) is 11.2 Å². The van der Waals surface area contributed by atoms with Crippen LogP contribution in [-0.2, 0) is 5.41 Å². The number of fused-ring (bicyclic) bond motifs is 14. The van der Waals surface area contributed by atoms with Crippen LogP contribution in [0.25, 0.3) is 65.4 Å². The normalized spacial score (nSPS) is 15.2. The maximum absolute atomic E-state index is 6.78. The van der Waals surface area contributed by atoms with Gasteiger partial charge in [-0.25, -0.2) is 0 Å². The Labute approximate surface area is 339 Å². The number of nitrogens with zero attached hydrogens (tertiary/aromatic N) is 1. The van der Waals surface area contributed by atoms with Gasteiger partial charge in [0.15, 0.2) is 0 Å². The van der Waals surface area contributed by atoms with E-state index in [0.717, 1.165) is 44.4 Å². The summed E-state index contributed by atoms with van der Waals surface area (Å²) in [5, 5.41) is 9.57. The Bertz CT molecular complexity index is 3510. The predicted octanol–water partition coefficient (Wildman–Crippen LogP) is 15.3. The van der Waals surface area contributed by atoms with E-state index in [1.165, 1.54) is 70.1 Å². The summed E-state index contributed by atoms with van der Waals surface area (Å²) in [5.74, 6) is 0. The first-order chi connectivity index (χ1) is 28.8. The molecular weight excluding hydrogens is 723 g/mol. The lowest BCUT2D eigenvalue weighted by atomic mass is 9.59. The van der Waals surface area contributed by atoms with Crippen LogP contribution in [-0.4, -0.2) is 0 Å². The second-order valence-electron chi connectivity index (χ2n) is 15.6. The van der Waals surface area contributed by atoms with E-state index in [2.05, 4.69) is 205 Å². The molecule has 1 spiro atoms. The number of benzene rings is 10. The van der Waals surface area contributed by atoms with E-state index < -0.39 is 5.41 Å². The Morgan fingerprint density at radius 3 is 1.93 bits per heavy atom. The second-order valence-corrected chi connectivity index (χ2v) is 16.6. The van der Waals surface area contributed by atoms with Crippen molar-refractivity contribution < 1.29 is 4.42 Å². The molecule has 0 radical (unpaired) electrons. The summed E-state index contributed by atoms with van der Waals surface area (Å²) >= 11 is 1.88. The highest BCUT2D eigenvalue weighted by Gasteiger charge is 2.48. The maximum Gasteiger partial charge on any atom is 0.143 e. The molecule has 0 bridgehead atoms. The molecule has 270 valence electrons. The number of hydrogen-bond donors (Lipinski definition) is 0. The summed E-state index contributed by atoms with van der Waals surface area (Å²) in [6.07, 6.45) is 0. The van der Waals surface area contributed by atoms with E-state index in [1.807, 2.05) is 11.8 Å². The fourth-order valence-electron chi connectivity index (χ4n) is 10.3. The molecule has 1 aliphatic carbocycles. The molecule has 13 rings (SSSR count). The Morgan fingerprint density at radius 2 is 1.02 bits per heavy atom. The molecule has 1 unspecified atom stereocenters. The van der Waals surface area contributed by atoms with Crippen LogP contribution in [0.5, 0.6) is 0 Å². The lowest BCUT2D eigenvalue weighted by Gasteiger charge is -2.46. The Kier molecular flexibility index (Phi) is 6.62. The number of rotatable bonds is 3. The van der Waals surface area contributed by atoms with Crippen molar-refractivity contribution in [2.45, 2.75) is 15.2 Å². The van der Waals surface area contributed by atoms with E-state index >= 15 is 0 Å². The molecule has 0 saturated heterocycles. The average molecular weight is 756 g/mol. The van der Waals surface area contributed by atoms with Crippen LogP contribution in [0.1, 0.15) is 22.3 Å². The first kappa shape index (κ1) is 32.1. The topological polar surface area (TPSA) is 16.4 Å². The van der Waals surface area contributed by atoms with Gasteiger partial charge < -0.3 is 9.32 Å². The van der Waals surface area contributed by atoms with E-state index in [9.17, 15) is 0 Å². The average Bonchev–Trinajstić information content (AvgIpc) is 3.66. The van der Waals surface area contributed by atoms with E-state index in [0.29, 0.717) is 0 Å². The van der Waals surface area contributed by atoms with E-state index in [-0.39, 0.29) is 0 Å². The quantitative estimate of drug-likeness (QED) is 0.179. The van der Waals surface area contributed by atoms with Crippen LogP contribution >= 0.6 is 11.8 Å². The first-order valence-corrected chi connectivity index (χ1v) is 20.7. The Hall–Kier alpha value is -7.07. The third-order valence-electron chi connectivity index (χ3n) is 12.7. The summed E-state index contributed by atoms with van der Waals surface area (Å²) in [6.45, 7) is 0. The van der Waals surface area contributed by atoms with Gasteiger partial charge in [-0.1, -0.05) is 163 Å². The van der Waals surface area contributed by atoms with Crippen LogP contribution < -0.4 is 4.90 Å². The minimum Gasteiger partial charge on any atom is -0.455 e. The van der Waals surface area contributed by atoms with Gasteiger partial charge in [-0.2, -0.15) is 0 Å². The van der Waals surface area contributed by atoms with Crippen molar-refractivity contribution >= 4 is 83.1 Å². The Morgan fingerprint density at radius 1 is 0.397 bits per heavy atom. The van der Waals surface area contributed by atoms with Gasteiger partial charge in [0.05, 0.1) is 11.1 Å². The summed E-state index contributed by atoms with van der Waals surface area (Å²) in [5.41, 5.74) is 12.5. The molecular formula is C55H33NOS. The van der Waals surface area contributed by atoms with Gasteiger partial charge >= 0.3 is 0 Å². The standard InChI is InChI=1S/C55H33NOS/c1-3-17-39-34(12-1)14-11-24-49(39)56(37-27-30-42-44-29-26-35-13-2-4-18-40(35)54(44)57-50(42)32-37)38-28-31-47-52(33-38)58-51-25-8-7-22-46(51)55(47)45-21-6-5-19-41(45)43-20-9-15-36-16-10-23-48(55)53(36)43/h1-33H. The fraction of sp³-hybridized carbons (Fsp3) is 0.0182. The predicted molar refractivity (Wildman–Crippen MR) is 242 cm³/mol. The molecule has 0 amide bonds. The molecule has 0 N–H and O–H groups in total. The first-order valence-electron chi connectivity index (χ1n) is 19.9. The zero-order valence-electron chi connectivity index (χ0n) is 31.3. The highest BCUT2D eigenvalue weighted by Crippen LogP contribution is 2.62. The summed E-state index contributed by atoms with van der Waals surface area (Å²) in [4.78, 5) is 4.96. The molecule has 10 aromatic carbocycles. The van der Waals surface area contributed by atoms with Crippen LogP contribution in [0.3, 0.4) is 0 Å². The largest absolute Gasteiger partial charge is 0.455 e. The molecule has 3 heteroatoms. The Balaban J connectivity index is 1.08. The van der Waals surface area contributed by atoms with Crippen LogP contribution in [0.4, 0.5) is 17.1 Å². The van der Waals surface area contributed by atoms with Gasteiger partial charge in [0, 0.05) is 48.8 Å². The zero-order chi connectivity index (χ0) is 38.0. The smallest absolute Gasteiger partial charge is 0.143 e. The zero-order valence-corrected chi connectivity index (χ0v) is 32.1. The van der Waals surface area contributed by atoms with Crippen molar-refractivity contribution in [1.82, 2.24) is 0 Å². The molecule has 2 heterocycles. The third kappa shape index (κ3) is 4.29. The molecule has 58 heavy (non-hydrogen) atoms. The SMILES string of the molecule is c1ccc2c(c1)Sc1cc(N(c3ccc4c(c3)oc3c5ccccc5ccc43)c3cccc4ccccc34)ccc1C21c2ccccc2-c2cccc3cccc1c23. The summed E-state index contributed by atoms with van der Waals surface area (Å²) < 4.78 is 6.78. The molecule has 2 aliphatic rings. The number of anilines is 3. The van der Waals surface area contributed by atoms with Crippen molar-refractivity contribution in [3.63, 3.8) is 0 Å². The minimum atomic E-state index is -0.500. The maximum atomic E-state index is 6.78. The number of hydrogen-bond acceptors (Lipinski definition) is 3. The molecule has 2 nitrogen and oxygen atoms in total. The summed E-state index contributed by atoms with van der Waals surface area (Å²) in [6, 6.07) is 73.9. The molecule has 0 saturated carbocycles. The van der Waals surface area contributed by atoms with E-state index in [4.69, 9.17) is 4.42 Å². The van der Waals surface area contributed by atoms with Gasteiger partial charge in [-0.15, -0.1) is 0 Å². The molecule has 1 atom stereocenters. The number of furan rings is 1. The highest BCUT2D eigenvalue weighted by atomic mass is 32.2. The van der Waals surface area contributed by atoms with Crippen molar-refractivity contribution in [2.75, 3.05) is 4.90 Å². The third-order valence-corrected chi connectivity index (χ3v) is 13.8. The van der Waals surface area contributed by atoms with Gasteiger partial charge in [-0.05, 0) is 97.4 Å². The fourth-order valence-corrected chi connectivity index (χ4v) is 11.5. The lowest BCUT2D eigenvalue weighted by Crippen LogP contribution is -2.36. The van der Waals surface area contributed by atoms with Crippen molar-refractivity contribution in [1.29, 1.82) is 0 Å². The highest BCUT2D eigenvalue weighted by molar-refractivity contribution is 7.99. The molecule has 0 fully saturated rings. The van der Waals surface area contributed by atoms with Gasteiger partial charge in [0.25, 0.3) is 0 Å². The van der Waals surface area contributed by atoms with E-state index in [1.54, 1.807) is 0 Å². The molecule has 1 aliphatic heterocycles. The summed E-state index contributed by atoms with van der Waals surface area (Å²) in [7, 11) is 0. The second kappa shape index (κ2) is 12.0. The van der Waals surface area contributed by atoms with Crippen LogP contribution in [0, 0.1) is 0 Å². The van der Waals surface area contributed by atoms with Crippen molar-refractivity contribution in [3.05, 3.63) is 222 Å². The molecule has 1 aromatic heterocycles. The monoisotopic (exact) mass is 755 g/mol. The van der Waals surface area contributed by atoms with Crippen LogP contribution in [0.2, 0.25) is 0 Å². The van der Waals surface area contributed by atoms with Crippen molar-refractivity contribution in [3.8, 4) is 11.1 Å². The lowest BCUT2D eigenvalue weighted by molar-refractivity contribution is 0.672. The van der Waals surface area contributed by atoms with Crippen LogP contribution in [0.15, 0.2) is 214 Å². The van der Waals surface area contributed by atoms with Crippen molar-refractivity contribution in [2.24, 2.45) is 0 Å². The molecule has 11 aromatic rings. The van der Waals surface area contributed by atoms with Gasteiger partial charge in [0.2, 0.25) is 0 Å².